The predicted molar refractivity (Wildman–Crippen MR) is 83.9 cm³/mol. The maximum atomic E-state index is 6.92. The van der Waals surface area contributed by atoms with E-state index >= 15 is 0 Å². The van der Waals surface area contributed by atoms with E-state index in [1.54, 1.807) is 6.07 Å². The molecule has 1 N–H and O–H groups in total. The number of rotatable bonds is 2. The fraction of sp³-hybridized carbons (Fsp3) is 0.250. The van der Waals surface area contributed by atoms with E-state index in [1.165, 1.54) is 11.8 Å². The van der Waals surface area contributed by atoms with Crippen LogP contribution in [0.2, 0.25) is 5.02 Å². The molecule has 1 aromatic carbocycles. The summed E-state index contributed by atoms with van der Waals surface area (Å²) >= 11 is 6.09. The quantitative estimate of drug-likeness (QED) is 0.756. The minimum absolute atomic E-state index is 0.131. The molecule has 0 aliphatic heterocycles. The van der Waals surface area contributed by atoms with Crippen LogP contribution in [0, 0.1) is 6.57 Å². The molecule has 0 aliphatic rings. The molecule has 20 heavy (non-hydrogen) atoms. The first-order chi connectivity index (χ1) is 9.40. The Labute approximate surface area is 124 Å². The zero-order chi connectivity index (χ0) is 14.8. The lowest BCUT2D eigenvalue weighted by molar-refractivity contribution is 0.590. The lowest BCUT2D eigenvalue weighted by Gasteiger charge is -2.19. The van der Waals surface area contributed by atoms with E-state index in [-0.39, 0.29) is 5.41 Å². The summed E-state index contributed by atoms with van der Waals surface area (Å²) in [6, 6.07) is 9.78. The van der Waals surface area contributed by atoms with Gasteiger partial charge < -0.3 is 5.32 Å². The number of hydrogen-bond donors (Lipinski definition) is 1. The van der Waals surface area contributed by atoms with Crippen LogP contribution < -0.4 is 5.32 Å². The molecule has 0 saturated carbocycles. The molecule has 1 heterocycles. The van der Waals surface area contributed by atoms with Crippen molar-refractivity contribution >= 4 is 28.8 Å². The molecule has 0 amide bonds. The van der Waals surface area contributed by atoms with Gasteiger partial charge in [0.05, 0.1) is 11.6 Å². The minimum atomic E-state index is 0.131. The third-order valence-electron chi connectivity index (χ3n) is 2.97. The number of pyridine rings is 1. The second-order valence-corrected chi connectivity index (χ2v) is 6.00. The predicted octanol–water partition coefficient (Wildman–Crippen LogP) is 5.33. The van der Waals surface area contributed by atoms with Gasteiger partial charge in [0.2, 0.25) is 5.69 Å². The number of aromatic nitrogens is 1. The van der Waals surface area contributed by atoms with Gasteiger partial charge in [0, 0.05) is 11.9 Å². The van der Waals surface area contributed by atoms with Crippen molar-refractivity contribution in [2.75, 3.05) is 5.32 Å². The molecular weight excluding hydrogens is 270 g/mol. The standard InChI is InChI=1S/C16H16ClN3/c1-16(2,3)11-5-7-12(8-6-11)20-15-14(17)9-13(18-4)10-19-15/h5-10H,1-3H3,(H,19,20). The van der Waals surface area contributed by atoms with Crippen LogP contribution in [0.25, 0.3) is 4.85 Å². The highest BCUT2D eigenvalue weighted by molar-refractivity contribution is 6.33. The highest BCUT2D eigenvalue weighted by atomic mass is 35.5. The van der Waals surface area contributed by atoms with E-state index in [0.29, 0.717) is 16.5 Å². The van der Waals surface area contributed by atoms with Crippen molar-refractivity contribution in [1.29, 1.82) is 0 Å². The zero-order valence-corrected chi connectivity index (χ0v) is 12.5. The Bertz CT molecular complexity index is 649. The maximum absolute atomic E-state index is 6.92. The molecule has 0 saturated heterocycles. The second kappa shape index (κ2) is 5.52. The summed E-state index contributed by atoms with van der Waals surface area (Å²) in [7, 11) is 0. The Morgan fingerprint density at radius 3 is 2.35 bits per heavy atom. The van der Waals surface area contributed by atoms with E-state index in [2.05, 4.69) is 48.0 Å². The first-order valence-electron chi connectivity index (χ1n) is 6.31. The Morgan fingerprint density at radius 2 is 1.85 bits per heavy atom. The maximum Gasteiger partial charge on any atom is 0.206 e. The van der Waals surface area contributed by atoms with Crippen LogP contribution in [-0.2, 0) is 5.41 Å². The Balaban J connectivity index is 2.21. The van der Waals surface area contributed by atoms with E-state index < -0.39 is 0 Å². The third-order valence-corrected chi connectivity index (χ3v) is 3.26. The van der Waals surface area contributed by atoms with Crippen LogP contribution in [-0.4, -0.2) is 4.98 Å². The van der Waals surface area contributed by atoms with Crippen LogP contribution in [0.5, 0.6) is 0 Å². The van der Waals surface area contributed by atoms with Crippen molar-refractivity contribution in [1.82, 2.24) is 4.98 Å². The van der Waals surface area contributed by atoms with Crippen LogP contribution in [0.4, 0.5) is 17.2 Å². The minimum Gasteiger partial charge on any atom is -0.339 e. The molecule has 0 bridgehead atoms. The highest BCUT2D eigenvalue weighted by Gasteiger charge is 2.13. The molecule has 0 unspecified atom stereocenters. The van der Waals surface area contributed by atoms with E-state index in [9.17, 15) is 0 Å². The molecule has 0 radical (unpaired) electrons. The Morgan fingerprint density at radius 1 is 1.20 bits per heavy atom. The van der Waals surface area contributed by atoms with Gasteiger partial charge in [-0.25, -0.2) is 9.83 Å². The number of halogens is 1. The molecule has 2 rings (SSSR count). The topological polar surface area (TPSA) is 29.3 Å². The normalized spacial score (nSPS) is 10.9. The number of nitrogens with zero attached hydrogens (tertiary/aromatic N) is 2. The molecule has 102 valence electrons. The van der Waals surface area contributed by atoms with Gasteiger partial charge in [-0.1, -0.05) is 44.5 Å². The third kappa shape index (κ3) is 3.28. The first kappa shape index (κ1) is 14.4. The molecular formula is C16H16ClN3. The molecule has 0 fully saturated rings. The lowest BCUT2D eigenvalue weighted by Crippen LogP contribution is -2.10. The van der Waals surface area contributed by atoms with Gasteiger partial charge in [-0.05, 0) is 29.2 Å². The van der Waals surface area contributed by atoms with Crippen molar-refractivity contribution in [2.45, 2.75) is 26.2 Å². The molecule has 3 nitrogen and oxygen atoms in total. The van der Waals surface area contributed by atoms with Gasteiger partial charge in [0.1, 0.15) is 5.82 Å². The van der Waals surface area contributed by atoms with Crippen molar-refractivity contribution in [2.24, 2.45) is 0 Å². The fourth-order valence-electron chi connectivity index (χ4n) is 1.77. The number of benzene rings is 1. The molecule has 0 atom stereocenters. The van der Waals surface area contributed by atoms with Crippen LogP contribution in [0.1, 0.15) is 26.3 Å². The smallest absolute Gasteiger partial charge is 0.206 e. The first-order valence-corrected chi connectivity index (χ1v) is 6.68. The van der Waals surface area contributed by atoms with Gasteiger partial charge in [-0.15, -0.1) is 0 Å². The van der Waals surface area contributed by atoms with Crippen LogP contribution >= 0.6 is 11.6 Å². The SMILES string of the molecule is [C-]#[N+]c1cnc(Nc2ccc(C(C)(C)C)cc2)c(Cl)c1. The molecule has 2 aromatic rings. The highest BCUT2D eigenvalue weighted by Crippen LogP contribution is 2.28. The van der Waals surface area contributed by atoms with Crippen molar-refractivity contribution < 1.29 is 0 Å². The lowest BCUT2D eigenvalue weighted by atomic mass is 9.87. The van der Waals surface area contributed by atoms with Crippen LogP contribution in [0.3, 0.4) is 0 Å². The van der Waals surface area contributed by atoms with Gasteiger partial charge >= 0.3 is 0 Å². The Kier molecular flexibility index (Phi) is 3.96. The monoisotopic (exact) mass is 285 g/mol. The molecule has 4 heteroatoms. The Hall–Kier alpha value is -2.05. The fourth-order valence-corrected chi connectivity index (χ4v) is 1.98. The average molecular weight is 286 g/mol. The van der Waals surface area contributed by atoms with Gasteiger partial charge in [0.25, 0.3) is 0 Å². The summed E-state index contributed by atoms with van der Waals surface area (Å²) in [4.78, 5) is 7.45. The number of nitrogens with one attached hydrogen (secondary N) is 1. The summed E-state index contributed by atoms with van der Waals surface area (Å²) in [6.45, 7) is 13.5. The largest absolute Gasteiger partial charge is 0.339 e. The second-order valence-electron chi connectivity index (χ2n) is 5.59. The van der Waals surface area contributed by atoms with Gasteiger partial charge in [-0.3, -0.25) is 0 Å². The van der Waals surface area contributed by atoms with Gasteiger partial charge in [0.15, 0.2) is 0 Å². The summed E-state index contributed by atoms with van der Waals surface area (Å²) in [5.41, 5.74) is 2.75. The summed E-state index contributed by atoms with van der Waals surface area (Å²) in [6.07, 6.45) is 1.50. The molecule has 0 spiro atoms. The zero-order valence-electron chi connectivity index (χ0n) is 11.7. The van der Waals surface area contributed by atoms with Crippen LogP contribution in [0.15, 0.2) is 36.5 Å². The summed E-state index contributed by atoms with van der Waals surface area (Å²) < 4.78 is 0. The van der Waals surface area contributed by atoms with Gasteiger partial charge in [-0.2, -0.15) is 0 Å². The van der Waals surface area contributed by atoms with Crippen molar-refractivity contribution in [3.05, 3.63) is 58.5 Å². The number of hydrogen-bond acceptors (Lipinski definition) is 2. The van der Waals surface area contributed by atoms with Crippen molar-refractivity contribution in [3.63, 3.8) is 0 Å². The van der Waals surface area contributed by atoms with E-state index in [0.717, 1.165) is 5.69 Å². The van der Waals surface area contributed by atoms with E-state index in [4.69, 9.17) is 18.2 Å². The van der Waals surface area contributed by atoms with E-state index in [1.807, 2.05) is 12.1 Å². The summed E-state index contributed by atoms with van der Waals surface area (Å²) in [5, 5.41) is 3.60. The summed E-state index contributed by atoms with van der Waals surface area (Å²) in [5.74, 6) is 0.558. The number of anilines is 2. The van der Waals surface area contributed by atoms with Crippen molar-refractivity contribution in [3.8, 4) is 0 Å². The molecule has 0 aliphatic carbocycles. The average Bonchev–Trinajstić information content (AvgIpc) is 2.40. The molecule has 1 aromatic heterocycles.